The van der Waals surface area contributed by atoms with Crippen molar-refractivity contribution in [3.63, 3.8) is 0 Å². The fourth-order valence-electron chi connectivity index (χ4n) is 2.48. The summed E-state index contributed by atoms with van der Waals surface area (Å²) in [5.41, 5.74) is 2.77. The number of methoxy groups -OCH3 is 1. The lowest BCUT2D eigenvalue weighted by Gasteiger charge is -2.09. The van der Waals surface area contributed by atoms with Crippen LogP contribution in [0.4, 0.5) is 0 Å². The number of carbonyl (C=O) groups is 2. The lowest BCUT2D eigenvalue weighted by Crippen LogP contribution is -2.02. The van der Waals surface area contributed by atoms with Gasteiger partial charge in [-0.05, 0) is 60.7 Å². The molecule has 4 nitrogen and oxygen atoms in total. The minimum absolute atomic E-state index is 0.110. The van der Waals surface area contributed by atoms with Gasteiger partial charge in [0.25, 0.3) is 0 Å². The van der Waals surface area contributed by atoms with Crippen molar-refractivity contribution in [3.8, 4) is 5.75 Å². The molecule has 0 bridgehead atoms. The van der Waals surface area contributed by atoms with Gasteiger partial charge in [-0.3, -0.25) is 4.79 Å². The highest BCUT2D eigenvalue weighted by molar-refractivity contribution is 6.08. The van der Waals surface area contributed by atoms with Crippen LogP contribution >= 0.6 is 0 Å². The number of rotatable bonds is 8. The molecule has 0 aromatic heterocycles. The standard InChI is InChI=1S/C23H26O4/c1-16(2)13-14-27-21-11-9-18(10-12-21)17(3)15-22(24)19-5-7-20(8-6-19)23(25)26-4/h5-12,15-16H,13-14H2,1-4H3/b17-15+. The Kier molecular flexibility index (Phi) is 7.35. The molecule has 0 saturated carbocycles. The van der Waals surface area contributed by atoms with Gasteiger partial charge in [0.2, 0.25) is 0 Å². The van der Waals surface area contributed by atoms with E-state index in [-0.39, 0.29) is 5.78 Å². The molecule has 0 spiro atoms. The molecule has 2 aromatic carbocycles. The molecule has 27 heavy (non-hydrogen) atoms. The van der Waals surface area contributed by atoms with E-state index in [1.807, 2.05) is 31.2 Å². The minimum atomic E-state index is -0.420. The third-order valence-corrected chi connectivity index (χ3v) is 4.21. The summed E-state index contributed by atoms with van der Waals surface area (Å²) >= 11 is 0. The first-order chi connectivity index (χ1) is 12.9. The van der Waals surface area contributed by atoms with E-state index in [0.717, 1.165) is 23.3 Å². The molecular weight excluding hydrogens is 340 g/mol. The van der Waals surface area contributed by atoms with Gasteiger partial charge in [0.1, 0.15) is 5.75 Å². The molecule has 4 heteroatoms. The third-order valence-electron chi connectivity index (χ3n) is 4.21. The van der Waals surface area contributed by atoms with Crippen LogP contribution in [-0.2, 0) is 4.74 Å². The molecule has 0 aliphatic rings. The van der Waals surface area contributed by atoms with Crippen molar-refractivity contribution >= 4 is 17.3 Å². The van der Waals surface area contributed by atoms with Crippen LogP contribution in [0.2, 0.25) is 0 Å². The number of ketones is 1. The van der Waals surface area contributed by atoms with Crippen molar-refractivity contribution in [2.45, 2.75) is 27.2 Å². The molecule has 0 fully saturated rings. The largest absolute Gasteiger partial charge is 0.494 e. The van der Waals surface area contributed by atoms with Gasteiger partial charge in [-0.1, -0.05) is 38.1 Å². The van der Waals surface area contributed by atoms with Crippen LogP contribution in [0.5, 0.6) is 5.75 Å². The molecule has 0 heterocycles. The first-order valence-corrected chi connectivity index (χ1v) is 9.05. The maximum Gasteiger partial charge on any atom is 0.337 e. The number of carbonyl (C=O) groups excluding carboxylic acids is 2. The predicted octanol–water partition coefficient (Wildman–Crippen LogP) is 5.18. The molecule has 0 atom stereocenters. The molecule has 0 aliphatic heterocycles. The Bertz CT molecular complexity index is 799. The van der Waals surface area contributed by atoms with E-state index in [4.69, 9.17) is 4.74 Å². The van der Waals surface area contributed by atoms with E-state index in [0.29, 0.717) is 23.7 Å². The number of esters is 1. The smallest absolute Gasteiger partial charge is 0.337 e. The van der Waals surface area contributed by atoms with Gasteiger partial charge in [0, 0.05) is 5.56 Å². The van der Waals surface area contributed by atoms with Gasteiger partial charge in [0.15, 0.2) is 5.78 Å². The van der Waals surface area contributed by atoms with Crippen LogP contribution in [-0.4, -0.2) is 25.5 Å². The fraction of sp³-hybridized carbons (Fsp3) is 0.304. The Balaban J connectivity index is 2.03. The van der Waals surface area contributed by atoms with Crippen LogP contribution in [0, 0.1) is 5.92 Å². The number of ether oxygens (including phenoxy) is 2. The second kappa shape index (κ2) is 9.72. The Labute approximate surface area is 160 Å². The first-order valence-electron chi connectivity index (χ1n) is 9.05. The summed E-state index contributed by atoms with van der Waals surface area (Å²) in [7, 11) is 1.33. The zero-order valence-corrected chi connectivity index (χ0v) is 16.3. The van der Waals surface area contributed by atoms with Crippen molar-refractivity contribution in [1.82, 2.24) is 0 Å². The van der Waals surface area contributed by atoms with Crippen molar-refractivity contribution in [2.24, 2.45) is 5.92 Å². The van der Waals surface area contributed by atoms with Gasteiger partial charge >= 0.3 is 5.97 Å². The lowest BCUT2D eigenvalue weighted by molar-refractivity contribution is 0.0600. The summed E-state index contributed by atoms with van der Waals surface area (Å²) in [6.45, 7) is 6.93. The Morgan fingerprint density at radius 2 is 1.48 bits per heavy atom. The summed E-state index contributed by atoms with van der Waals surface area (Å²) in [5, 5.41) is 0. The molecule has 0 N–H and O–H groups in total. The predicted molar refractivity (Wildman–Crippen MR) is 107 cm³/mol. The number of allylic oxidation sites excluding steroid dienone is 2. The molecule has 0 saturated heterocycles. The topological polar surface area (TPSA) is 52.6 Å². The van der Waals surface area contributed by atoms with Crippen LogP contribution in [0.1, 0.15) is 53.5 Å². The molecule has 0 aliphatic carbocycles. The maximum atomic E-state index is 12.4. The zero-order valence-electron chi connectivity index (χ0n) is 16.3. The number of hydrogen-bond donors (Lipinski definition) is 0. The average Bonchev–Trinajstić information content (AvgIpc) is 2.67. The first kappa shape index (κ1) is 20.4. The van der Waals surface area contributed by atoms with E-state index in [9.17, 15) is 9.59 Å². The normalized spacial score (nSPS) is 11.4. The SMILES string of the molecule is COC(=O)c1ccc(C(=O)/C=C(\C)c2ccc(OCCC(C)C)cc2)cc1. The van der Waals surface area contributed by atoms with Crippen molar-refractivity contribution in [2.75, 3.05) is 13.7 Å². The van der Waals surface area contributed by atoms with Gasteiger partial charge in [-0.2, -0.15) is 0 Å². The molecular formula is C23H26O4. The molecule has 2 aromatic rings. The Morgan fingerprint density at radius 1 is 0.926 bits per heavy atom. The van der Waals surface area contributed by atoms with E-state index in [2.05, 4.69) is 18.6 Å². The van der Waals surface area contributed by atoms with Gasteiger partial charge < -0.3 is 9.47 Å². The summed E-state index contributed by atoms with van der Waals surface area (Å²) < 4.78 is 10.4. The molecule has 0 amide bonds. The van der Waals surface area contributed by atoms with E-state index >= 15 is 0 Å². The maximum absolute atomic E-state index is 12.4. The molecule has 142 valence electrons. The highest BCUT2D eigenvalue weighted by Gasteiger charge is 2.08. The van der Waals surface area contributed by atoms with Gasteiger partial charge in [0.05, 0.1) is 19.3 Å². The van der Waals surface area contributed by atoms with Gasteiger partial charge in [-0.25, -0.2) is 4.79 Å². The third kappa shape index (κ3) is 6.10. The summed E-state index contributed by atoms with van der Waals surface area (Å²) in [6.07, 6.45) is 2.62. The summed E-state index contributed by atoms with van der Waals surface area (Å²) in [4.78, 5) is 23.9. The van der Waals surface area contributed by atoms with E-state index < -0.39 is 5.97 Å². The second-order valence-corrected chi connectivity index (χ2v) is 6.82. The average molecular weight is 366 g/mol. The van der Waals surface area contributed by atoms with Crippen LogP contribution < -0.4 is 4.74 Å². The minimum Gasteiger partial charge on any atom is -0.494 e. The van der Waals surface area contributed by atoms with E-state index in [1.54, 1.807) is 30.3 Å². The number of benzene rings is 2. The quantitative estimate of drug-likeness (QED) is 0.367. The second-order valence-electron chi connectivity index (χ2n) is 6.82. The summed E-state index contributed by atoms with van der Waals surface area (Å²) in [6, 6.07) is 14.2. The Morgan fingerprint density at radius 3 is 2.04 bits per heavy atom. The monoisotopic (exact) mass is 366 g/mol. The highest BCUT2D eigenvalue weighted by atomic mass is 16.5. The van der Waals surface area contributed by atoms with Crippen molar-refractivity contribution in [1.29, 1.82) is 0 Å². The van der Waals surface area contributed by atoms with Gasteiger partial charge in [-0.15, -0.1) is 0 Å². The number of hydrogen-bond acceptors (Lipinski definition) is 4. The summed E-state index contributed by atoms with van der Waals surface area (Å²) in [5.74, 6) is 0.914. The molecule has 0 unspecified atom stereocenters. The lowest BCUT2D eigenvalue weighted by atomic mass is 10.0. The fourth-order valence-corrected chi connectivity index (χ4v) is 2.48. The van der Waals surface area contributed by atoms with Crippen molar-refractivity contribution in [3.05, 3.63) is 71.3 Å². The molecule has 2 rings (SSSR count). The Hall–Kier alpha value is -2.88. The van der Waals surface area contributed by atoms with Crippen LogP contribution in [0.25, 0.3) is 5.57 Å². The van der Waals surface area contributed by atoms with Crippen LogP contribution in [0.3, 0.4) is 0 Å². The highest BCUT2D eigenvalue weighted by Crippen LogP contribution is 2.20. The van der Waals surface area contributed by atoms with E-state index in [1.165, 1.54) is 7.11 Å². The van der Waals surface area contributed by atoms with Crippen LogP contribution in [0.15, 0.2) is 54.6 Å². The van der Waals surface area contributed by atoms with Crippen molar-refractivity contribution < 1.29 is 19.1 Å². The zero-order chi connectivity index (χ0) is 19.8. The molecule has 0 radical (unpaired) electrons.